The Balaban J connectivity index is 1.48. The van der Waals surface area contributed by atoms with E-state index in [-0.39, 0.29) is 11.9 Å². The highest BCUT2D eigenvalue weighted by atomic mass is 35.5. The molecule has 1 fully saturated rings. The summed E-state index contributed by atoms with van der Waals surface area (Å²) in [5, 5.41) is 4.98. The molecule has 1 aliphatic rings. The lowest BCUT2D eigenvalue weighted by Crippen LogP contribution is -2.42. The number of aromatic amines is 1. The van der Waals surface area contributed by atoms with Crippen molar-refractivity contribution in [1.82, 2.24) is 14.9 Å². The van der Waals surface area contributed by atoms with E-state index in [1.807, 2.05) is 41.4 Å². The number of halogens is 1. The number of hydrogen-bond acceptors (Lipinski definition) is 3. The number of fused-ring (bicyclic) bond motifs is 1. The van der Waals surface area contributed by atoms with Gasteiger partial charge in [-0.1, -0.05) is 11.6 Å². The number of anilines is 1. The zero-order valence-electron chi connectivity index (χ0n) is 15.3. The van der Waals surface area contributed by atoms with Crippen molar-refractivity contribution in [3.63, 3.8) is 0 Å². The molecule has 1 aromatic carbocycles. The minimum absolute atomic E-state index is 0.0296. The SMILES string of the molecule is CC1CCCCN1C(=O)c1ccc(NCc2ccnc3[nH]ccc23)cc1Cl. The fourth-order valence-electron chi connectivity index (χ4n) is 3.72. The van der Waals surface area contributed by atoms with E-state index in [1.165, 1.54) is 6.42 Å². The predicted octanol–water partition coefficient (Wildman–Crippen LogP) is 4.84. The van der Waals surface area contributed by atoms with Crippen molar-refractivity contribution in [2.24, 2.45) is 0 Å². The summed E-state index contributed by atoms with van der Waals surface area (Å²) in [5.41, 5.74) is 3.50. The first kappa shape index (κ1) is 17.9. The van der Waals surface area contributed by atoms with Crippen molar-refractivity contribution in [1.29, 1.82) is 0 Å². The number of piperidine rings is 1. The number of hydrogen-bond donors (Lipinski definition) is 2. The molecule has 1 aliphatic heterocycles. The zero-order valence-corrected chi connectivity index (χ0v) is 16.1. The van der Waals surface area contributed by atoms with E-state index in [4.69, 9.17) is 11.6 Å². The molecule has 1 amide bonds. The Kier molecular flexibility index (Phi) is 5.03. The smallest absolute Gasteiger partial charge is 0.255 e. The van der Waals surface area contributed by atoms with E-state index >= 15 is 0 Å². The van der Waals surface area contributed by atoms with E-state index in [0.29, 0.717) is 17.1 Å². The summed E-state index contributed by atoms with van der Waals surface area (Å²) in [4.78, 5) is 22.2. The maximum absolute atomic E-state index is 12.8. The van der Waals surface area contributed by atoms with Crippen LogP contribution in [-0.2, 0) is 6.54 Å². The molecule has 0 radical (unpaired) electrons. The Morgan fingerprint density at radius 2 is 2.22 bits per heavy atom. The molecule has 140 valence electrons. The molecule has 0 spiro atoms. The van der Waals surface area contributed by atoms with E-state index in [0.717, 1.165) is 41.7 Å². The Hall–Kier alpha value is -2.53. The second-order valence-electron chi connectivity index (χ2n) is 7.10. The third-order valence-electron chi connectivity index (χ3n) is 5.30. The van der Waals surface area contributed by atoms with Gasteiger partial charge in [0, 0.05) is 42.6 Å². The number of carbonyl (C=O) groups excluding carboxylic acids is 1. The molecule has 27 heavy (non-hydrogen) atoms. The highest BCUT2D eigenvalue weighted by Crippen LogP contribution is 2.26. The minimum atomic E-state index is 0.0296. The van der Waals surface area contributed by atoms with Gasteiger partial charge >= 0.3 is 0 Å². The van der Waals surface area contributed by atoms with Crippen LogP contribution in [0, 0.1) is 0 Å². The van der Waals surface area contributed by atoms with Crippen LogP contribution < -0.4 is 5.32 Å². The van der Waals surface area contributed by atoms with Gasteiger partial charge in [0.1, 0.15) is 5.65 Å². The lowest BCUT2D eigenvalue weighted by Gasteiger charge is -2.33. The van der Waals surface area contributed by atoms with Crippen LogP contribution >= 0.6 is 11.6 Å². The first-order valence-corrected chi connectivity index (χ1v) is 9.76. The molecule has 0 aliphatic carbocycles. The average Bonchev–Trinajstić information content (AvgIpc) is 3.16. The lowest BCUT2D eigenvalue weighted by molar-refractivity contribution is 0.0636. The fraction of sp³-hybridized carbons (Fsp3) is 0.333. The zero-order chi connectivity index (χ0) is 18.8. The molecule has 4 rings (SSSR count). The van der Waals surface area contributed by atoms with Crippen LogP contribution in [-0.4, -0.2) is 33.4 Å². The maximum Gasteiger partial charge on any atom is 0.255 e. The van der Waals surface area contributed by atoms with Crippen LogP contribution in [0.2, 0.25) is 5.02 Å². The van der Waals surface area contributed by atoms with Crippen molar-refractivity contribution in [2.45, 2.75) is 38.8 Å². The lowest BCUT2D eigenvalue weighted by atomic mass is 10.0. The van der Waals surface area contributed by atoms with E-state index < -0.39 is 0 Å². The number of benzene rings is 1. The second-order valence-corrected chi connectivity index (χ2v) is 7.51. The van der Waals surface area contributed by atoms with Crippen molar-refractivity contribution >= 4 is 34.2 Å². The molecule has 1 atom stereocenters. The molecule has 0 bridgehead atoms. The van der Waals surface area contributed by atoms with Crippen molar-refractivity contribution in [3.8, 4) is 0 Å². The van der Waals surface area contributed by atoms with Crippen LogP contribution in [0.25, 0.3) is 11.0 Å². The number of pyridine rings is 1. The number of H-pyrrole nitrogens is 1. The molecule has 2 N–H and O–H groups in total. The van der Waals surface area contributed by atoms with Gasteiger partial charge in [-0.3, -0.25) is 4.79 Å². The topological polar surface area (TPSA) is 61.0 Å². The normalized spacial score (nSPS) is 17.3. The molecule has 3 heterocycles. The van der Waals surface area contributed by atoms with Crippen LogP contribution in [0.3, 0.4) is 0 Å². The van der Waals surface area contributed by atoms with Gasteiger partial charge in [0.15, 0.2) is 0 Å². The van der Waals surface area contributed by atoms with Crippen LogP contribution in [0.1, 0.15) is 42.1 Å². The predicted molar refractivity (Wildman–Crippen MR) is 109 cm³/mol. The minimum Gasteiger partial charge on any atom is -0.381 e. The molecular formula is C21H23ClN4O. The monoisotopic (exact) mass is 382 g/mol. The Labute approximate surface area is 163 Å². The van der Waals surface area contributed by atoms with Gasteiger partial charge in [0.25, 0.3) is 5.91 Å². The molecule has 1 unspecified atom stereocenters. The number of likely N-dealkylation sites (tertiary alicyclic amines) is 1. The third kappa shape index (κ3) is 3.65. The van der Waals surface area contributed by atoms with E-state index in [1.54, 1.807) is 6.20 Å². The molecule has 5 nitrogen and oxygen atoms in total. The summed E-state index contributed by atoms with van der Waals surface area (Å²) in [7, 11) is 0. The fourth-order valence-corrected chi connectivity index (χ4v) is 3.98. The van der Waals surface area contributed by atoms with E-state index in [9.17, 15) is 4.79 Å². The van der Waals surface area contributed by atoms with E-state index in [2.05, 4.69) is 22.2 Å². The summed E-state index contributed by atoms with van der Waals surface area (Å²) in [6, 6.07) is 9.87. The summed E-state index contributed by atoms with van der Waals surface area (Å²) in [6.45, 7) is 3.58. The van der Waals surface area contributed by atoms with Crippen molar-refractivity contribution < 1.29 is 4.79 Å². The number of nitrogens with zero attached hydrogens (tertiary/aromatic N) is 2. The van der Waals surface area contributed by atoms with Crippen molar-refractivity contribution in [2.75, 3.05) is 11.9 Å². The highest BCUT2D eigenvalue weighted by Gasteiger charge is 2.25. The van der Waals surface area contributed by atoms with Crippen LogP contribution in [0.4, 0.5) is 5.69 Å². The van der Waals surface area contributed by atoms with Gasteiger partial charge in [-0.2, -0.15) is 0 Å². The Morgan fingerprint density at radius 3 is 3.04 bits per heavy atom. The number of aromatic nitrogens is 2. The standard InChI is InChI=1S/C21H23ClN4O/c1-14-4-2-3-11-26(14)21(27)18-6-5-16(12-19(18)22)25-13-15-7-9-23-20-17(15)8-10-24-20/h5-10,12,14,25H,2-4,11,13H2,1H3,(H,23,24). The summed E-state index contributed by atoms with van der Waals surface area (Å²) < 4.78 is 0. The Bertz CT molecular complexity index is 968. The van der Waals surface area contributed by atoms with Gasteiger partial charge in [-0.25, -0.2) is 4.98 Å². The molecule has 0 saturated carbocycles. The number of rotatable bonds is 4. The van der Waals surface area contributed by atoms with Gasteiger partial charge in [0.2, 0.25) is 0 Å². The highest BCUT2D eigenvalue weighted by molar-refractivity contribution is 6.34. The van der Waals surface area contributed by atoms with Crippen LogP contribution in [0.5, 0.6) is 0 Å². The van der Waals surface area contributed by atoms with Gasteiger partial charge < -0.3 is 15.2 Å². The molecule has 6 heteroatoms. The van der Waals surface area contributed by atoms with Crippen molar-refractivity contribution in [3.05, 3.63) is 58.9 Å². The summed E-state index contributed by atoms with van der Waals surface area (Å²) in [6.07, 6.45) is 6.99. The largest absolute Gasteiger partial charge is 0.381 e. The molecule has 3 aromatic rings. The number of carbonyl (C=O) groups is 1. The third-order valence-corrected chi connectivity index (χ3v) is 5.61. The van der Waals surface area contributed by atoms with Gasteiger partial charge in [0.05, 0.1) is 10.6 Å². The number of amides is 1. The summed E-state index contributed by atoms with van der Waals surface area (Å²) >= 11 is 6.45. The maximum atomic E-state index is 12.8. The van der Waals surface area contributed by atoms with Crippen LogP contribution in [0.15, 0.2) is 42.7 Å². The second kappa shape index (κ2) is 7.61. The molecule has 2 aromatic heterocycles. The first-order chi connectivity index (χ1) is 13.1. The number of nitrogens with one attached hydrogen (secondary N) is 2. The quantitative estimate of drug-likeness (QED) is 0.678. The molecule has 1 saturated heterocycles. The Morgan fingerprint density at radius 1 is 1.33 bits per heavy atom. The van der Waals surface area contributed by atoms with Gasteiger partial charge in [-0.15, -0.1) is 0 Å². The summed E-state index contributed by atoms with van der Waals surface area (Å²) in [5.74, 6) is 0.0296. The van der Waals surface area contributed by atoms with Gasteiger partial charge in [-0.05, 0) is 62.1 Å². The average molecular weight is 383 g/mol. The molecular weight excluding hydrogens is 360 g/mol. The first-order valence-electron chi connectivity index (χ1n) is 9.39.